The van der Waals surface area contributed by atoms with E-state index in [2.05, 4.69) is 10.4 Å². The summed E-state index contributed by atoms with van der Waals surface area (Å²) in [5.41, 5.74) is 1.95. The van der Waals surface area contributed by atoms with E-state index < -0.39 is 11.7 Å². The maximum absolute atomic E-state index is 14.0. The lowest BCUT2D eigenvalue weighted by Crippen LogP contribution is -2.16. The Morgan fingerprint density at radius 1 is 1.12 bits per heavy atom. The maximum Gasteiger partial charge on any atom is 0.259 e. The lowest BCUT2D eigenvalue weighted by molar-refractivity contribution is 0.102. The molecule has 7 heteroatoms. The van der Waals surface area contributed by atoms with Crippen molar-refractivity contribution in [1.29, 1.82) is 0 Å². The van der Waals surface area contributed by atoms with Gasteiger partial charge in [-0.1, -0.05) is 37.0 Å². The molecule has 0 saturated carbocycles. The molecule has 1 amide bonds. The van der Waals surface area contributed by atoms with Crippen molar-refractivity contribution in [2.75, 3.05) is 5.32 Å². The first-order valence-electron chi connectivity index (χ1n) is 7.97. The van der Waals surface area contributed by atoms with E-state index >= 15 is 0 Å². The molecular formula is C19H16Cl2FN3O. The third kappa shape index (κ3) is 3.74. The molecule has 0 unspecified atom stereocenters. The summed E-state index contributed by atoms with van der Waals surface area (Å²) in [5, 5.41) is 7.79. The molecule has 0 spiro atoms. The van der Waals surface area contributed by atoms with E-state index in [1.807, 2.05) is 26.0 Å². The molecule has 1 N–H and O–H groups in total. The molecular weight excluding hydrogens is 376 g/mol. The predicted octanol–water partition coefficient (Wildman–Crippen LogP) is 5.69. The molecule has 0 saturated heterocycles. The lowest BCUT2D eigenvalue weighted by atomic mass is 10.0. The predicted molar refractivity (Wildman–Crippen MR) is 102 cm³/mol. The third-order valence-corrected chi connectivity index (χ3v) is 4.34. The fourth-order valence-electron chi connectivity index (χ4n) is 2.66. The monoisotopic (exact) mass is 391 g/mol. The van der Waals surface area contributed by atoms with Gasteiger partial charge in [-0.25, -0.2) is 9.07 Å². The molecule has 3 rings (SSSR count). The highest BCUT2D eigenvalue weighted by Gasteiger charge is 2.21. The Balaban J connectivity index is 1.97. The van der Waals surface area contributed by atoms with Gasteiger partial charge in [-0.15, -0.1) is 0 Å². The van der Waals surface area contributed by atoms with Gasteiger partial charge < -0.3 is 5.32 Å². The first-order chi connectivity index (χ1) is 12.4. The van der Waals surface area contributed by atoms with Crippen LogP contribution in [0.1, 0.15) is 35.8 Å². The van der Waals surface area contributed by atoms with Gasteiger partial charge in [0, 0.05) is 10.0 Å². The molecule has 4 nitrogen and oxygen atoms in total. The summed E-state index contributed by atoms with van der Waals surface area (Å²) in [5.74, 6) is -1.01. The molecule has 0 aliphatic heterocycles. The SMILES string of the molecule is CC(C)c1c(C(=O)Nc2ccc(Cl)cc2F)cnn1-c1ccc(Cl)cc1. The van der Waals surface area contributed by atoms with E-state index in [0.29, 0.717) is 10.6 Å². The number of hydrogen-bond donors (Lipinski definition) is 1. The van der Waals surface area contributed by atoms with Gasteiger partial charge in [-0.3, -0.25) is 4.79 Å². The number of aromatic nitrogens is 2. The molecule has 1 aromatic heterocycles. The summed E-state index contributed by atoms with van der Waals surface area (Å²) in [4.78, 5) is 12.7. The van der Waals surface area contributed by atoms with E-state index in [1.165, 1.54) is 18.3 Å². The summed E-state index contributed by atoms with van der Waals surface area (Å²) < 4.78 is 15.6. The van der Waals surface area contributed by atoms with E-state index in [1.54, 1.807) is 16.8 Å². The average molecular weight is 392 g/mol. The molecule has 26 heavy (non-hydrogen) atoms. The Bertz CT molecular complexity index is 952. The molecule has 0 aliphatic carbocycles. The van der Waals surface area contributed by atoms with Crippen LogP contribution < -0.4 is 5.32 Å². The average Bonchev–Trinajstić information content (AvgIpc) is 3.03. The summed E-state index contributed by atoms with van der Waals surface area (Å²) >= 11 is 11.7. The standard InChI is InChI=1S/C19H16Cl2FN3O/c1-11(2)18-15(10-23-25(18)14-6-3-12(20)4-7-14)19(26)24-17-8-5-13(21)9-16(17)22/h3-11H,1-2H3,(H,24,26). The topological polar surface area (TPSA) is 46.9 Å². The zero-order valence-electron chi connectivity index (χ0n) is 14.1. The fourth-order valence-corrected chi connectivity index (χ4v) is 2.94. The molecule has 0 aliphatic rings. The summed E-state index contributed by atoms with van der Waals surface area (Å²) in [6, 6.07) is 11.2. The van der Waals surface area contributed by atoms with Gasteiger partial charge in [0.1, 0.15) is 5.82 Å². The Labute approximate surface area is 160 Å². The van der Waals surface area contributed by atoms with E-state index in [-0.39, 0.29) is 16.6 Å². The molecule has 3 aromatic rings. The van der Waals surface area contributed by atoms with Gasteiger partial charge in [0.05, 0.1) is 28.8 Å². The van der Waals surface area contributed by atoms with Crippen LogP contribution in [0.15, 0.2) is 48.7 Å². The number of nitrogens with one attached hydrogen (secondary N) is 1. The van der Waals surface area contributed by atoms with Crippen LogP contribution in [0.5, 0.6) is 0 Å². The minimum atomic E-state index is -0.595. The minimum Gasteiger partial charge on any atom is -0.319 e. The summed E-state index contributed by atoms with van der Waals surface area (Å²) in [6.07, 6.45) is 1.48. The number of anilines is 1. The number of halogens is 3. The molecule has 0 fully saturated rings. The van der Waals surface area contributed by atoms with Crippen LogP contribution in [-0.4, -0.2) is 15.7 Å². The third-order valence-electron chi connectivity index (χ3n) is 3.85. The van der Waals surface area contributed by atoms with Crippen LogP contribution in [-0.2, 0) is 0 Å². The van der Waals surface area contributed by atoms with Crippen molar-refractivity contribution in [1.82, 2.24) is 9.78 Å². The summed E-state index contributed by atoms with van der Waals surface area (Å²) in [7, 11) is 0. The largest absolute Gasteiger partial charge is 0.319 e. The zero-order valence-corrected chi connectivity index (χ0v) is 15.6. The highest BCUT2D eigenvalue weighted by atomic mass is 35.5. The Kier molecular flexibility index (Phi) is 5.30. The van der Waals surface area contributed by atoms with Crippen LogP contribution >= 0.6 is 23.2 Å². The molecule has 0 radical (unpaired) electrons. The number of hydrogen-bond acceptors (Lipinski definition) is 2. The first-order valence-corrected chi connectivity index (χ1v) is 8.72. The Hall–Kier alpha value is -2.37. The smallest absolute Gasteiger partial charge is 0.259 e. The van der Waals surface area contributed by atoms with Gasteiger partial charge in [-0.2, -0.15) is 5.10 Å². The van der Waals surface area contributed by atoms with Crippen molar-refractivity contribution in [2.24, 2.45) is 0 Å². The van der Waals surface area contributed by atoms with Gasteiger partial charge in [0.15, 0.2) is 0 Å². The van der Waals surface area contributed by atoms with Crippen LogP contribution in [0, 0.1) is 5.82 Å². The van der Waals surface area contributed by atoms with E-state index in [0.717, 1.165) is 17.4 Å². The molecule has 0 bridgehead atoms. The number of carbonyl (C=O) groups excluding carboxylic acids is 1. The minimum absolute atomic E-state index is 0.0176. The second-order valence-electron chi connectivity index (χ2n) is 6.06. The van der Waals surface area contributed by atoms with Crippen LogP contribution in [0.4, 0.5) is 10.1 Å². The van der Waals surface area contributed by atoms with Crippen LogP contribution in [0.3, 0.4) is 0 Å². The number of nitrogens with zero attached hydrogens (tertiary/aromatic N) is 2. The normalized spacial score (nSPS) is 11.0. The van der Waals surface area contributed by atoms with Crippen molar-refractivity contribution >= 4 is 34.8 Å². The number of rotatable bonds is 4. The summed E-state index contributed by atoms with van der Waals surface area (Å²) in [6.45, 7) is 3.92. The highest BCUT2D eigenvalue weighted by molar-refractivity contribution is 6.31. The van der Waals surface area contributed by atoms with E-state index in [9.17, 15) is 9.18 Å². The van der Waals surface area contributed by atoms with Gasteiger partial charge in [0.25, 0.3) is 5.91 Å². The molecule has 2 aromatic carbocycles. The second kappa shape index (κ2) is 7.48. The zero-order chi connectivity index (χ0) is 18.8. The molecule has 1 heterocycles. The Morgan fingerprint density at radius 2 is 1.77 bits per heavy atom. The first kappa shape index (κ1) is 18.4. The number of carbonyl (C=O) groups is 1. The quantitative estimate of drug-likeness (QED) is 0.620. The van der Waals surface area contributed by atoms with Crippen molar-refractivity contribution in [2.45, 2.75) is 19.8 Å². The lowest BCUT2D eigenvalue weighted by Gasteiger charge is -2.13. The van der Waals surface area contributed by atoms with Crippen molar-refractivity contribution in [3.05, 3.63) is 75.8 Å². The molecule has 134 valence electrons. The van der Waals surface area contributed by atoms with Gasteiger partial charge in [0.2, 0.25) is 0 Å². The Morgan fingerprint density at radius 3 is 2.38 bits per heavy atom. The molecule has 0 atom stereocenters. The highest BCUT2D eigenvalue weighted by Crippen LogP contribution is 2.26. The van der Waals surface area contributed by atoms with E-state index in [4.69, 9.17) is 23.2 Å². The number of benzene rings is 2. The van der Waals surface area contributed by atoms with Gasteiger partial charge in [-0.05, 0) is 48.4 Å². The van der Waals surface area contributed by atoms with Crippen LogP contribution in [0.25, 0.3) is 5.69 Å². The van der Waals surface area contributed by atoms with Crippen molar-refractivity contribution in [3.8, 4) is 5.69 Å². The van der Waals surface area contributed by atoms with Crippen molar-refractivity contribution < 1.29 is 9.18 Å². The fraction of sp³-hybridized carbons (Fsp3) is 0.158. The number of amides is 1. The van der Waals surface area contributed by atoms with Crippen molar-refractivity contribution in [3.63, 3.8) is 0 Å². The second-order valence-corrected chi connectivity index (χ2v) is 6.94. The van der Waals surface area contributed by atoms with Gasteiger partial charge >= 0.3 is 0 Å². The maximum atomic E-state index is 14.0. The van der Waals surface area contributed by atoms with Crippen LogP contribution in [0.2, 0.25) is 10.0 Å².